The zero-order valence-corrected chi connectivity index (χ0v) is 12.2. The van der Waals surface area contributed by atoms with Gasteiger partial charge in [-0.3, -0.25) is 10.4 Å². The van der Waals surface area contributed by atoms with E-state index in [1.54, 1.807) is 7.11 Å². The van der Waals surface area contributed by atoms with E-state index in [1.807, 2.05) is 0 Å². The van der Waals surface area contributed by atoms with Crippen molar-refractivity contribution >= 4 is 5.96 Å². The summed E-state index contributed by atoms with van der Waals surface area (Å²) in [4.78, 5) is 6.76. The summed E-state index contributed by atoms with van der Waals surface area (Å²) in [7, 11) is 1.71. The molecular formula is C13H30N4O. The molecule has 0 amide bonds. The quantitative estimate of drug-likeness (QED) is 0.206. The molecule has 0 fully saturated rings. The number of ether oxygens (including phenoxy) is 1. The predicted octanol–water partition coefficient (Wildman–Crippen LogP) is 1.74. The summed E-state index contributed by atoms with van der Waals surface area (Å²) in [6.45, 7) is 7.92. The molecule has 0 rings (SSSR count). The molecule has 0 aromatic rings. The van der Waals surface area contributed by atoms with Gasteiger partial charge in [-0.25, -0.2) is 5.84 Å². The lowest BCUT2D eigenvalue weighted by atomic mass is 10.3. The molecule has 0 saturated carbocycles. The van der Waals surface area contributed by atoms with Crippen LogP contribution in [0.4, 0.5) is 0 Å². The van der Waals surface area contributed by atoms with Crippen molar-refractivity contribution in [1.29, 1.82) is 0 Å². The number of nitrogens with two attached hydrogens (primary N) is 1. The second-order valence-electron chi connectivity index (χ2n) is 4.39. The molecule has 0 saturated heterocycles. The van der Waals surface area contributed by atoms with Crippen molar-refractivity contribution in [1.82, 2.24) is 10.3 Å². The maximum Gasteiger partial charge on any atom is 0.208 e. The molecule has 0 radical (unpaired) electrons. The van der Waals surface area contributed by atoms with Crippen molar-refractivity contribution < 1.29 is 4.74 Å². The number of unbranched alkanes of at least 4 members (excludes halogenated alkanes) is 2. The van der Waals surface area contributed by atoms with E-state index in [4.69, 9.17) is 10.6 Å². The number of methoxy groups -OCH3 is 1. The summed E-state index contributed by atoms with van der Waals surface area (Å²) >= 11 is 0. The Morgan fingerprint density at radius 2 is 1.78 bits per heavy atom. The van der Waals surface area contributed by atoms with Crippen LogP contribution in [0.5, 0.6) is 0 Å². The van der Waals surface area contributed by atoms with Crippen LogP contribution in [-0.2, 0) is 4.74 Å². The van der Waals surface area contributed by atoms with E-state index in [9.17, 15) is 0 Å². The van der Waals surface area contributed by atoms with E-state index in [2.05, 4.69) is 29.2 Å². The van der Waals surface area contributed by atoms with E-state index in [-0.39, 0.29) is 0 Å². The van der Waals surface area contributed by atoms with E-state index in [0.29, 0.717) is 0 Å². The third-order valence-corrected chi connectivity index (χ3v) is 2.76. The van der Waals surface area contributed by atoms with Gasteiger partial charge in [0, 0.05) is 33.4 Å². The number of nitrogens with one attached hydrogen (secondary N) is 1. The molecule has 0 bridgehead atoms. The van der Waals surface area contributed by atoms with Crippen LogP contribution < -0.4 is 11.3 Å². The van der Waals surface area contributed by atoms with E-state index >= 15 is 0 Å². The van der Waals surface area contributed by atoms with Gasteiger partial charge in [-0.15, -0.1) is 0 Å². The number of aliphatic imine (C=N–C) groups is 1. The topological polar surface area (TPSA) is 62.9 Å². The molecular weight excluding hydrogens is 228 g/mol. The molecule has 0 heterocycles. The average Bonchev–Trinajstić information content (AvgIpc) is 2.40. The number of nitrogens with zero attached hydrogens (tertiary/aromatic N) is 2. The molecule has 0 aromatic carbocycles. The largest absolute Gasteiger partial charge is 0.385 e. The van der Waals surface area contributed by atoms with Gasteiger partial charge in [0.25, 0.3) is 0 Å². The molecule has 5 nitrogen and oxygen atoms in total. The Bertz CT molecular complexity index is 201. The molecule has 0 atom stereocenters. The van der Waals surface area contributed by atoms with Gasteiger partial charge in [0.15, 0.2) is 0 Å². The fourth-order valence-electron chi connectivity index (χ4n) is 1.65. The smallest absolute Gasteiger partial charge is 0.208 e. The highest BCUT2D eigenvalue weighted by atomic mass is 16.5. The van der Waals surface area contributed by atoms with Gasteiger partial charge in [0.05, 0.1) is 0 Å². The molecule has 5 heteroatoms. The van der Waals surface area contributed by atoms with Gasteiger partial charge in [-0.1, -0.05) is 26.7 Å². The van der Waals surface area contributed by atoms with E-state index in [1.165, 1.54) is 25.7 Å². The Balaban J connectivity index is 4.27. The standard InChI is InChI=1S/C13H30N4O/c1-4-6-10-17(11-7-5-2)13(16-14)15-9-8-12-18-3/h4-12,14H2,1-3H3,(H,15,16). The first kappa shape index (κ1) is 17.2. The third kappa shape index (κ3) is 8.31. The van der Waals surface area contributed by atoms with Crippen molar-refractivity contribution in [3.63, 3.8) is 0 Å². The molecule has 0 aromatic heterocycles. The first-order valence-corrected chi connectivity index (χ1v) is 7.05. The van der Waals surface area contributed by atoms with E-state index in [0.717, 1.165) is 38.6 Å². The minimum Gasteiger partial charge on any atom is -0.385 e. The predicted molar refractivity (Wildman–Crippen MR) is 77.5 cm³/mol. The molecule has 0 spiro atoms. The fourth-order valence-corrected chi connectivity index (χ4v) is 1.65. The summed E-state index contributed by atoms with van der Waals surface area (Å²) in [5.74, 6) is 6.39. The first-order chi connectivity index (χ1) is 8.79. The molecule has 0 aliphatic rings. The molecule has 0 aliphatic heterocycles. The highest BCUT2D eigenvalue weighted by molar-refractivity contribution is 5.79. The van der Waals surface area contributed by atoms with Crippen LogP contribution in [0.2, 0.25) is 0 Å². The lowest BCUT2D eigenvalue weighted by Crippen LogP contribution is -2.45. The van der Waals surface area contributed by atoms with Gasteiger partial charge in [0.2, 0.25) is 5.96 Å². The Kier molecular flexibility index (Phi) is 12.1. The lowest BCUT2D eigenvalue weighted by Gasteiger charge is -2.25. The summed E-state index contributed by atoms with van der Waals surface area (Å²) < 4.78 is 5.01. The minimum atomic E-state index is 0.741. The van der Waals surface area contributed by atoms with Gasteiger partial charge < -0.3 is 9.64 Å². The van der Waals surface area contributed by atoms with Crippen LogP contribution in [0.25, 0.3) is 0 Å². The summed E-state index contributed by atoms with van der Waals surface area (Å²) in [5, 5.41) is 0. The van der Waals surface area contributed by atoms with Crippen molar-refractivity contribution in [2.24, 2.45) is 10.8 Å². The number of hydrazine groups is 1. The van der Waals surface area contributed by atoms with Gasteiger partial charge in [-0.05, 0) is 19.3 Å². The molecule has 0 aliphatic carbocycles. The number of guanidine groups is 1. The van der Waals surface area contributed by atoms with Crippen molar-refractivity contribution in [3.05, 3.63) is 0 Å². The molecule has 108 valence electrons. The Morgan fingerprint density at radius 3 is 2.22 bits per heavy atom. The summed E-state index contributed by atoms with van der Waals surface area (Å²) in [6, 6.07) is 0. The maximum absolute atomic E-state index is 5.58. The SMILES string of the molecule is CCCCN(CCCC)C(=NCCCOC)NN. The molecule has 3 N–H and O–H groups in total. The Hall–Kier alpha value is -0.810. The van der Waals surface area contributed by atoms with Crippen molar-refractivity contribution in [3.8, 4) is 0 Å². The third-order valence-electron chi connectivity index (χ3n) is 2.76. The van der Waals surface area contributed by atoms with E-state index < -0.39 is 0 Å². The fraction of sp³-hybridized carbons (Fsp3) is 0.923. The normalized spacial score (nSPS) is 11.7. The van der Waals surface area contributed by atoms with Gasteiger partial charge in [-0.2, -0.15) is 0 Å². The summed E-state index contributed by atoms with van der Waals surface area (Å²) in [5.41, 5.74) is 2.73. The lowest BCUT2D eigenvalue weighted by molar-refractivity contribution is 0.197. The number of hydrogen-bond acceptors (Lipinski definition) is 3. The zero-order valence-electron chi connectivity index (χ0n) is 12.2. The highest BCUT2D eigenvalue weighted by Crippen LogP contribution is 2.00. The van der Waals surface area contributed by atoms with Crippen LogP contribution >= 0.6 is 0 Å². The Labute approximate surface area is 112 Å². The highest BCUT2D eigenvalue weighted by Gasteiger charge is 2.08. The van der Waals surface area contributed by atoms with Crippen LogP contribution in [0.1, 0.15) is 46.0 Å². The van der Waals surface area contributed by atoms with Crippen LogP contribution in [0, 0.1) is 0 Å². The summed E-state index contributed by atoms with van der Waals surface area (Å²) in [6.07, 6.45) is 5.64. The zero-order chi connectivity index (χ0) is 13.6. The molecule has 18 heavy (non-hydrogen) atoms. The van der Waals surface area contributed by atoms with Crippen LogP contribution in [0.15, 0.2) is 4.99 Å². The monoisotopic (exact) mass is 258 g/mol. The second-order valence-corrected chi connectivity index (χ2v) is 4.39. The Morgan fingerprint density at radius 1 is 1.17 bits per heavy atom. The van der Waals surface area contributed by atoms with Crippen LogP contribution in [0.3, 0.4) is 0 Å². The molecule has 0 unspecified atom stereocenters. The van der Waals surface area contributed by atoms with Crippen molar-refractivity contribution in [2.75, 3.05) is 33.4 Å². The van der Waals surface area contributed by atoms with Crippen molar-refractivity contribution in [2.45, 2.75) is 46.0 Å². The minimum absolute atomic E-state index is 0.741. The first-order valence-electron chi connectivity index (χ1n) is 7.05. The maximum atomic E-state index is 5.58. The number of rotatable bonds is 10. The number of hydrogen-bond donors (Lipinski definition) is 2. The van der Waals surface area contributed by atoms with Gasteiger partial charge >= 0.3 is 0 Å². The second kappa shape index (κ2) is 12.6. The van der Waals surface area contributed by atoms with Crippen LogP contribution in [-0.4, -0.2) is 44.2 Å². The average molecular weight is 258 g/mol. The van der Waals surface area contributed by atoms with Gasteiger partial charge in [0.1, 0.15) is 0 Å².